The molecule has 0 atom stereocenters. The second-order valence-corrected chi connectivity index (χ2v) is 8.10. The third kappa shape index (κ3) is 6.42. The minimum Gasteiger partial charge on any atom is -0.356 e. The van der Waals surface area contributed by atoms with Gasteiger partial charge in [-0.1, -0.05) is 56.3 Å². The molecule has 0 saturated heterocycles. The molecule has 1 aromatic heterocycles. The molecule has 0 bridgehead atoms. The summed E-state index contributed by atoms with van der Waals surface area (Å²) < 4.78 is 2.04. The van der Waals surface area contributed by atoms with E-state index in [1.54, 1.807) is 0 Å². The predicted octanol–water partition coefficient (Wildman–Crippen LogP) is 3.98. The van der Waals surface area contributed by atoms with E-state index >= 15 is 0 Å². The SMILES string of the molecule is CCCN(CCC)C(=O)Cn1c(CCCNC(=O)Cc2ccccc2)nc2ccccc21. The molecule has 1 N–H and O–H groups in total. The van der Waals surface area contributed by atoms with Gasteiger partial charge in [-0.3, -0.25) is 9.59 Å². The lowest BCUT2D eigenvalue weighted by atomic mass is 10.1. The lowest BCUT2D eigenvalue weighted by Gasteiger charge is -2.22. The molecule has 0 unspecified atom stereocenters. The lowest BCUT2D eigenvalue weighted by molar-refractivity contribution is -0.131. The highest BCUT2D eigenvalue weighted by atomic mass is 16.2. The summed E-state index contributed by atoms with van der Waals surface area (Å²) in [5.74, 6) is 1.05. The fraction of sp³-hybridized carbons (Fsp3) is 0.423. The van der Waals surface area contributed by atoms with E-state index in [4.69, 9.17) is 4.98 Å². The number of hydrogen-bond acceptors (Lipinski definition) is 3. The van der Waals surface area contributed by atoms with Crippen molar-refractivity contribution in [2.75, 3.05) is 19.6 Å². The van der Waals surface area contributed by atoms with Gasteiger partial charge in [-0.2, -0.15) is 0 Å². The average Bonchev–Trinajstić information content (AvgIpc) is 3.14. The van der Waals surface area contributed by atoms with Gasteiger partial charge in [0, 0.05) is 26.1 Å². The van der Waals surface area contributed by atoms with Crippen LogP contribution in [0.4, 0.5) is 0 Å². The van der Waals surface area contributed by atoms with Gasteiger partial charge in [0.2, 0.25) is 11.8 Å². The van der Waals surface area contributed by atoms with Crippen molar-refractivity contribution in [1.82, 2.24) is 19.8 Å². The van der Waals surface area contributed by atoms with Gasteiger partial charge >= 0.3 is 0 Å². The maximum absolute atomic E-state index is 13.0. The number of hydrogen-bond donors (Lipinski definition) is 1. The Balaban J connectivity index is 1.62. The molecule has 170 valence electrons. The number of carbonyl (C=O) groups is 2. The molecule has 0 saturated carbocycles. The lowest BCUT2D eigenvalue weighted by Crippen LogP contribution is -2.35. The van der Waals surface area contributed by atoms with Crippen molar-refractivity contribution in [2.24, 2.45) is 0 Å². The standard InChI is InChI=1S/C26H34N4O2/c1-3-17-29(18-4-2)26(32)20-30-23-14-9-8-13-22(23)28-24(30)15-10-16-27-25(31)19-21-11-6-5-7-12-21/h5-9,11-14H,3-4,10,15-20H2,1-2H3,(H,27,31). The number of imidazole rings is 1. The quantitative estimate of drug-likeness (QED) is 0.439. The Labute approximate surface area is 190 Å². The Morgan fingerprint density at radius 2 is 1.66 bits per heavy atom. The van der Waals surface area contributed by atoms with E-state index in [-0.39, 0.29) is 11.8 Å². The first kappa shape index (κ1) is 23.5. The van der Waals surface area contributed by atoms with Gasteiger partial charge in [0.1, 0.15) is 12.4 Å². The summed E-state index contributed by atoms with van der Waals surface area (Å²) in [7, 11) is 0. The van der Waals surface area contributed by atoms with Crippen LogP contribution in [0.15, 0.2) is 54.6 Å². The molecule has 0 radical (unpaired) electrons. The first-order valence-corrected chi connectivity index (χ1v) is 11.6. The van der Waals surface area contributed by atoms with Crippen molar-refractivity contribution in [1.29, 1.82) is 0 Å². The molecule has 3 aromatic rings. The Hall–Kier alpha value is -3.15. The van der Waals surface area contributed by atoms with Gasteiger partial charge in [0.25, 0.3) is 0 Å². The molecule has 32 heavy (non-hydrogen) atoms. The molecule has 0 aliphatic carbocycles. The van der Waals surface area contributed by atoms with Crippen LogP contribution in [0, 0.1) is 0 Å². The first-order valence-electron chi connectivity index (χ1n) is 11.6. The van der Waals surface area contributed by atoms with Gasteiger partial charge < -0.3 is 14.8 Å². The summed E-state index contributed by atoms with van der Waals surface area (Å²) in [5.41, 5.74) is 2.90. The highest BCUT2D eigenvalue weighted by Crippen LogP contribution is 2.18. The van der Waals surface area contributed by atoms with Crippen molar-refractivity contribution >= 4 is 22.8 Å². The van der Waals surface area contributed by atoms with E-state index in [1.165, 1.54) is 0 Å². The van der Waals surface area contributed by atoms with E-state index in [1.807, 2.05) is 64.1 Å². The number of rotatable bonds is 12. The molecule has 0 fully saturated rings. The summed E-state index contributed by atoms with van der Waals surface area (Å²) in [6, 6.07) is 17.7. The van der Waals surface area contributed by atoms with Crippen LogP contribution in [0.3, 0.4) is 0 Å². The van der Waals surface area contributed by atoms with Crippen molar-refractivity contribution in [2.45, 2.75) is 52.5 Å². The molecule has 2 amide bonds. The van der Waals surface area contributed by atoms with E-state index in [0.29, 0.717) is 25.9 Å². The molecular formula is C26H34N4O2. The fourth-order valence-electron chi connectivity index (χ4n) is 3.95. The topological polar surface area (TPSA) is 67.2 Å². The van der Waals surface area contributed by atoms with Crippen LogP contribution < -0.4 is 5.32 Å². The zero-order valence-electron chi connectivity index (χ0n) is 19.2. The Morgan fingerprint density at radius 3 is 2.38 bits per heavy atom. The Kier molecular flexibility index (Phi) is 8.84. The molecule has 2 aromatic carbocycles. The number of nitrogens with one attached hydrogen (secondary N) is 1. The number of amides is 2. The van der Waals surface area contributed by atoms with Gasteiger partial charge in [0.05, 0.1) is 17.5 Å². The summed E-state index contributed by atoms with van der Waals surface area (Å²) in [5, 5.41) is 3.00. The largest absolute Gasteiger partial charge is 0.356 e. The van der Waals surface area contributed by atoms with Gasteiger partial charge in [-0.25, -0.2) is 4.98 Å². The van der Waals surface area contributed by atoms with Crippen LogP contribution in [0.25, 0.3) is 11.0 Å². The highest BCUT2D eigenvalue weighted by Gasteiger charge is 2.17. The summed E-state index contributed by atoms with van der Waals surface area (Å²) in [6.45, 7) is 6.64. The van der Waals surface area contributed by atoms with Crippen molar-refractivity contribution in [3.05, 3.63) is 66.0 Å². The number of aromatic nitrogens is 2. The second kappa shape index (κ2) is 12.0. The molecule has 3 rings (SSSR count). The van der Waals surface area contributed by atoms with Gasteiger partial charge in [-0.05, 0) is 37.0 Å². The van der Waals surface area contributed by atoms with Crippen LogP contribution in [-0.2, 0) is 29.0 Å². The molecular weight excluding hydrogens is 400 g/mol. The zero-order chi connectivity index (χ0) is 22.8. The molecule has 0 aliphatic rings. The third-order valence-electron chi connectivity index (χ3n) is 5.47. The van der Waals surface area contributed by atoms with Crippen LogP contribution >= 0.6 is 0 Å². The maximum atomic E-state index is 13.0. The van der Waals surface area contributed by atoms with Gasteiger partial charge in [-0.15, -0.1) is 0 Å². The monoisotopic (exact) mass is 434 g/mol. The van der Waals surface area contributed by atoms with E-state index < -0.39 is 0 Å². The fourth-order valence-corrected chi connectivity index (χ4v) is 3.95. The maximum Gasteiger partial charge on any atom is 0.242 e. The number of carbonyl (C=O) groups excluding carboxylic acids is 2. The smallest absolute Gasteiger partial charge is 0.242 e. The predicted molar refractivity (Wildman–Crippen MR) is 128 cm³/mol. The van der Waals surface area contributed by atoms with E-state index in [9.17, 15) is 9.59 Å². The van der Waals surface area contributed by atoms with Crippen LogP contribution in [0.1, 0.15) is 44.5 Å². The molecule has 6 heteroatoms. The molecule has 0 spiro atoms. The highest BCUT2D eigenvalue weighted by molar-refractivity contribution is 5.81. The Bertz CT molecular complexity index is 1010. The van der Waals surface area contributed by atoms with Crippen LogP contribution in [-0.4, -0.2) is 45.9 Å². The first-order chi connectivity index (χ1) is 15.6. The zero-order valence-corrected chi connectivity index (χ0v) is 19.2. The molecule has 0 aliphatic heterocycles. The van der Waals surface area contributed by atoms with Gasteiger partial charge in [0.15, 0.2) is 0 Å². The van der Waals surface area contributed by atoms with Crippen molar-refractivity contribution in [3.8, 4) is 0 Å². The van der Waals surface area contributed by atoms with Crippen LogP contribution in [0.2, 0.25) is 0 Å². The molecule has 6 nitrogen and oxygen atoms in total. The minimum atomic E-state index is 0.0228. The summed E-state index contributed by atoms with van der Waals surface area (Å²) in [4.78, 5) is 31.9. The number of fused-ring (bicyclic) bond motifs is 1. The van der Waals surface area contributed by atoms with E-state index in [0.717, 1.165) is 54.8 Å². The summed E-state index contributed by atoms with van der Waals surface area (Å²) in [6.07, 6.45) is 3.76. The van der Waals surface area contributed by atoms with Crippen LogP contribution in [0.5, 0.6) is 0 Å². The Morgan fingerprint density at radius 1 is 0.969 bits per heavy atom. The average molecular weight is 435 g/mol. The number of benzene rings is 2. The second-order valence-electron chi connectivity index (χ2n) is 8.10. The molecule has 1 heterocycles. The number of aryl methyl sites for hydroxylation is 1. The number of nitrogens with zero attached hydrogens (tertiary/aromatic N) is 3. The summed E-state index contributed by atoms with van der Waals surface area (Å²) >= 11 is 0. The normalized spacial score (nSPS) is 10.9. The third-order valence-corrected chi connectivity index (χ3v) is 5.47. The van der Waals surface area contributed by atoms with E-state index in [2.05, 4.69) is 19.2 Å². The number of para-hydroxylation sites is 2. The van der Waals surface area contributed by atoms with Crippen molar-refractivity contribution in [3.63, 3.8) is 0 Å². The minimum absolute atomic E-state index is 0.0228. The van der Waals surface area contributed by atoms with Crippen molar-refractivity contribution < 1.29 is 9.59 Å².